The highest BCUT2D eigenvalue weighted by Gasteiger charge is 2.41. The van der Waals surface area contributed by atoms with Crippen molar-refractivity contribution in [3.8, 4) is 0 Å². The fourth-order valence-corrected chi connectivity index (χ4v) is 5.65. The van der Waals surface area contributed by atoms with Gasteiger partial charge in [-0.1, -0.05) is 48.5 Å². The lowest BCUT2D eigenvalue weighted by Crippen LogP contribution is -2.36. The van der Waals surface area contributed by atoms with Crippen molar-refractivity contribution in [1.29, 1.82) is 0 Å². The van der Waals surface area contributed by atoms with Gasteiger partial charge in [-0.05, 0) is 48.1 Å². The van der Waals surface area contributed by atoms with Crippen molar-refractivity contribution in [3.63, 3.8) is 0 Å². The van der Waals surface area contributed by atoms with Gasteiger partial charge in [0, 0.05) is 40.1 Å². The highest BCUT2D eigenvalue weighted by molar-refractivity contribution is 7.10. The first-order valence-electron chi connectivity index (χ1n) is 11.2. The molecule has 4 nitrogen and oxygen atoms in total. The van der Waals surface area contributed by atoms with E-state index in [0.717, 1.165) is 11.3 Å². The first-order valence-corrected chi connectivity index (χ1v) is 12.1. The molecule has 2 aromatic carbocycles. The van der Waals surface area contributed by atoms with E-state index in [-0.39, 0.29) is 24.1 Å². The van der Waals surface area contributed by atoms with Gasteiger partial charge in [0.1, 0.15) is 12.4 Å². The molecule has 1 aromatic heterocycles. The molecule has 5 rings (SSSR count). The Morgan fingerprint density at radius 2 is 1.82 bits per heavy atom. The van der Waals surface area contributed by atoms with Gasteiger partial charge >= 0.3 is 5.97 Å². The molecule has 2 heterocycles. The third-order valence-electron chi connectivity index (χ3n) is 6.41. The number of allylic oxidation sites excluding steroid dienone is 3. The lowest BCUT2D eigenvalue weighted by molar-refractivity contribution is -0.140. The number of hydrogen-bond donors (Lipinski definition) is 1. The molecule has 2 atom stereocenters. The van der Waals surface area contributed by atoms with E-state index in [4.69, 9.17) is 4.74 Å². The summed E-state index contributed by atoms with van der Waals surface area (Å²) < 4.78 is 19.4. The second kappa shape index (κ2) is 9.39. The second-order valence-electron chi connectivity index (χ2n) is 8.65. The summed E-state index contributed by atoms with van der Waals surface area (Å²) in [6, 6.07) is 19.5. The van der Waals surface area contributed by atoms with Crippen LogP contribution in [0.5, 0.6) is 0 Å². The fourth-order valence-electron chi connectivity index (χ4n) is 4.82. The van der Waals surface area contributed by atoms with Crippen molar-refractivity contribution >= 4 is 23.1 Å². The van der Waals surface area contributed by atoms with Crippen LogP contribution in [-0.4, -0.2) is 11.8 Å². The Labute approximate surface area is 201 Å². The van der Waals surface area contributed by atoms with E-state index in [1.54, 1.807) is 23.5 Å². The molecule has 3 aromatic rings. The van der Waals surface area contributed by atoms with Crippen LogP contribution in [0.4, 0.5) is 4.39 Å². The molecule has 6 heteroatoms. The number of benzene rings is 2. The number of halogens is 1. The van der Waals surface area contributed by atoms with Gasteiger partial charge in [-0.25, -0.2) is 9.18 Å². The summed E-state index contributed by atoms with van der Waals surface area (Å²) in [6.07, 6.45) is 1.06. The van der Waals surface area contributed by atoms with Gasteiger partial charge < -0.3 is 10.1 Å². The number of thiophene rings is 1. The predicted molar refractivity (Wildman–Crippen MR) is 130 cm³/mol. The van der Waals surface area contributed by atoms with Gasteiger partial charge in [0.15, 0.2) is 5.78 Å². The molecule has 2 aliphatic rings. The van der Waals surface area contributed by atoms with Crippen LogP contribution >= 0.6 is 11.3 Å². The van der Waals surface area contributed by atoms with Crippen molar-refractivity contribution < 1.29 is 18.7 Å². The fraction of sp³-hybridized carbons (Fsp3) is 0.214. The molecule has 34 heavy (non-hydrogen) atoms. The number of ether oxygens (including phenoxy) is 1. The van der Waals surface area contributed by atoms with Crippen LogP contribution in [0.1, 0.15) is 47.6 Å². The second-order valence-corrected chi connectivity index (χ2v) is 9.63. The number of ketones is 1. The number of rotatable bonds is 5. The summed E-state index contributed by atoms with van der Waals surface area (Å²) in [7, 11) is 0. The molecule has 0 unspecified atom stereocenters. The van der Waals surface area contributed by atoms with Crippen LogP contribution in [0, 0.1) is 5.82 Å². The number of hydrogen-bond acceptors (Lipinski definition) is 5. The van der Waals surface area contributed by atoms with Crippen molar-refractivity contribution in [2.45, 2.75) is 38.2 Å². The largest absolute Gasteiger partial charge is 0.457 e. The van der Waals surface area contributed by atoms with E-state index in [9.17, 15) is 14.0 Å². The summed E-state index contributed by atoms with van der Waals surface area (Å²) in [5.74, 6) is -1.34. The van der Waals surface area contributed by atoms with E-state index >= 15 is 0 Å². The molecule has 0 saturated heterocycles. The average molecular weight is 474 g/mol. The van der Waals surface area contributed by atoms with Crippen LogP contribution in [0.15, 0.2) is 94.7 Å². The van der Waals surface area contributed by atoms with Crippen molar-refractivity contribution in [2.24, 2.45) is 0 Å². The lowest BCUT2D eigenvalue weighted by atomic mass is 9.72. The molecular formula is C28H24FNO3S. The summed E-state index contributed by atoms with van der Waals surface area (Å²) >= 11 is 1.65. The SMILES string of the molecule is CC1=C(C(=O)OCc2ccccc2)[C@H](c2ccc(F)cc2)C2=C(C[C@@H](c3cccs3)CC2=O)N1. The zero-order valence-corrected chi connectivity index (χ0v) is 19.5. The minimum atomic E-state index is -0.600. The van der Waals surface area contributed by atoms with E-state index in [0.29, 0.717) is 35.2 Å². The van der Waals surface area contributed by atoms with Gasteiger partial charge in [0.2, 0.25) is 0 Å². The summed E-state index contributed by atoms with van der Waals surface area (Å²) in [6.45, 7) is 1.96. The molecular weight excluding hydrogens is 449 g/mol. The molecule has 0 amide bonds. The Morgan fingerprint density at radius 1 is 1.06 bits per heavy atom. The van der Waals surface area contributed by atoms with Crippen LogP contribution in [0.2, 0.25) is 0 Å². The normalized spacial score (nSPS) is 20.1. The Balaban J connectivity index is 1.51. The van der Waals surface area contributed by atoms with Crippen molar-refractivity contribution in [2.75, 3.05) is 0 Å². The molecule has 172 valence electrons. The Bertz CT molecular complexity index is 1280. The smallest absolute Gasteiger partial charge is 0.337 e. The molecule has 0 radical (unpaired) electrons. The van der Waals surface area contributed by atoms with Crippen molar-refractivity contribution in [3.05, 3.63) is 116 Å². The van der Waals surface area contributed by atoms with Gasteiger partial charge in [-0.15, -0.1) is 11.3 Å². The topological polar surface area (TPSA) is 55.4 Å². The molecule has 1 aliphatic carbocycles. The predicted octanol–water partition coefficient (Wildman–Crippen LogP) is 5.99. The van der Waals surface area contributed by atoms with Gasteiger partial charge in [0.25, 0.3) is 0 Å². The number of dihydropyridines is 1. The van der Waals surface area contributed by atoms with Gasteiger partial charge in [0.05, 0.1) is 5.57 Å². The van der Waals surface area contributed by atoms with E-state index in [1.807, 2.05) is 48.7 Å². The molecule has 0 saturated carbocycles. The third-order valence-corrected chi connectivity index (χ3v) is 7.44. The average Bonchev–Trinajstić information content (AvgIpc) is 3.38. The maximum Gasteiger partial charge on any atom is 0.337 e. The molecule has 0 spiro atoms. The zero-order chi connectivity index (χ0) is 23.7. The maximum atomic E-state index is 13.7. The summed E-state index contributed by atoms with van der Waals surface area (Å²) in [5.41, 5.74) is 4.04. The summed E-state index contributed by atoms with van der Waals surface area (Å²) in [4.78, 5) is 28.0. The van der Waals surface area contributed by atoms with Crippen LogP contribution in [0.3, 0.4) is 0 Å². The molecule has 1 aliphatic heterocycles. The number of nitrogens with one attached hydrogen (secondary N) is 1. The lowest BCUT2D eigenvalue weighted by Gasteiger charge is -2.36. The van der Waals surface area contributed by atoms with Crippen molar-refractivity contribution in [1.82, 2.24) is 5.32 Å². The monoisotopic (exact) mass is 473 g/mol. The van der Waals surface area contributed by atoms with Crippen LogP contribution < -0.4 is 5.32 Å². The minimum Gasteiger partial charge on any atom is -0.457 e. The van der Waals surface area contributed by atoms with Crippen LogP contribution in [0.25, 0.3) is 0 Å². The first kappa shape index (κ1) is 22.3. The van der Waals surface area contributed by atoms with Gasteiger partial charge in [-0.3, -0.25) is 4.79 Å². The van der Waals surface area contributed by atoms with E-state index < -0.39 is 11.9 Å². The molecule has 1 N–H and O–H groups in total. The Hall–Kier alpha value is -3.51. The number of carbonyl (C=O) groups excluding carboxylic acids is 2. The highest BCUT2D eigenvalue weighted by Crippen LogP contribution is 2.46. The molecule has 0 fully saturated rings. The van der Waals surface area contributed by atoms with Gasteiger partial charge in [-0.2, -0.15) is 0 Å². The maximum absolute atomic E-state index is 13.7. The first-order chi connectivity index (χ1) is 16.5. The minimum absolute atomic E-state index is 0.00216. The quantitative estimate of drug-likeness (QED) is 0.463. The Morgan fingerprint density at radius 3 is 2.53 bits per heavy atom. The van der Waals surface area contributed by atoms with Crippen LogP contribution in [-0.2, 0) is 20.9 Å². The van der Waals surface area contributed by atoms with E-state index in [1.165, 1.54) is 17.0 Å². The molecule has 0 bridgehead atoms. The highest BCUT2D eigenvalue weighted by atomic mass is 32.1. The number of esters is 1. The summed E-state index contributed by atoms with van der Waals surface area (Å²) in [5, 5.41) is 5.37. The standard InChI is InChI=1S/C28H24FNO3S/c1-17-25(28(32)33-16-18-6-3-2-4-7-18)26(19-9-11-21(29)12-10-19)27-22(30-17)14-20(15-23(27)31)24-8-5-13-34-24/h2-13,20,26,30H,14-16H2,1H3/t20-,26+/m1/s1. The third kappa shape index (κ3) is 4.33. The zero-order valence-electron chi connectivity index (χ0n) is 18.7. The Kier molecular flexibility index (Phi) is 6.16. The number of Topliss-reactive ketones (excluding diaryl/α,β-unsaturated/α-hetero) is 1. The number of carbonyl (C=O) groups is 2. The van der Waals surface area contributed by atoms with E-state index in [2.05, 4.69) is 11.4 Å².